The topological polar surface area (TPSA) is 71.5 Å². The number of anilines is 1. The zero-order valence-corrected chi connectivity index (χ0v) is 21.9. The van der Waals surface area contributed by atoms with Crippen LogP contribution >= 0.6 is 0 Å². The van der Waals surface area contributed by atoms with Crippen molar-refractivity contribution >= 4 is 28.8 Å². The number of Topliss-reactive ketones (excluding diaryl/α,β-unsaturated/α-hetero) is 4. The fourth-order valence-electron chi connectivity index (χ4n) is 6.28. The first-order chi connectivity index (χ1) is 18.3. The van der Waals surface area contributed by atoms with Crippen LogP contribution < -0.4 is 4.90 Å². The Hall–Kier alpha value is -3.86. The van der Waals surface area contributed by atoms with Gasteiger partial charge in [-0.1, -0.05) is 72.8 Å². The van der Waals surface area contributed by atoms with Crippen molar-refractivity contribution in [3.05, 3.63) is 102 Å². The molecule has 5 nitrogen and oxygen atoms in total. The highest BCUT2D eigenvalue weighted by atomic mass is 16.2. The van der Waals surface area contributed by atoms with Crippen LogP contribution in [0.1, 0.15) is 60.1 Å². The van der Waals surface area contributed by atoms with E-state index in [1.807, 2.05) is 104 Å². The van der Waals surface area contributed by atoms with Gasteiger partial charge in [0.25, 0.3) is 0 Å². The minimum Gasteiger partial charge on any atom is -0.378 e. The Morgan fingerprint density at radius 3 is 1.26 bits per heavy atom. The first-order valence-electron chi connectivity index (χ1n) is 13.3. The molecule has 0 unspecified atom stereocenters. The summed E-state index contributed by atoms with van der Waals surface area (Å²) in [6.07, 6.45) is 0.922. The van der Waals surface area contributed by atoms with Crippen LogP contribution in [0.15, 0.2) is 84.9 Å². The fraction of sp³-hybridized carbons (Fsp3) is 0.333. The summed E-state index contributed by atoms with van der Waals surface area (Å²) in [5.41, 5.74) is 3.60. The predicted molar refractivity (Wildman–Crippen MR) is 147 cm³/mol. The van der Waals surface area contributed by atoms with E-state index in [9.17, 15) is 19.2 Å². The number of benzene rings is 3. The van der Waals surface area contributed by atoms with Crippen LogP contribution in [0.25, 0.3) is 0 Å². The van der Waals surface area contributed by atoms with Gasteiger partial charge in [-0.25, -0.2) is 0 Å². The summed E-state index contributed by atoms with van der Waals surface area (Å²) in [5, 5.41) is 0. The quantitative estimate of drug-likeness (QED) is 0.412. The second-order valence-electron chi connectivity index (χ2n) is 10.9. The molecule has 2 aliphatic rings. The number of rotatable bonds is 6. The molecular formula is C33H33NO4. The molecule has 3 aromatic carbocycles. The van der Waals surface area contributed by atoms with Gasteiger partial charge in [-0.2, -0.15) is 0 Å². The monoisotopic (exact) mass is 507 g/mol. The zero-order chi connectivity index (χ0) is 26.8. The number of carbonyl (C=O) groups is 4. The second-order valence-corrected chi connectivity index (χ2v) is 10.9. The molecule has 3 aromatic rings. The summed E-state index contributed by atoms with van der Waals surface area (Å²) in [6, 6.07) is 26.8. The van der Waals surface area contributed by atoms with Crippen LogP contribution in [-0.4, -0.2) is 37.2 Å². The van der Waals surface area contributed by atoms with Gasteiger partial charge in [0.2, 0.25) is 0 Å². The SMILES string of the molecule is CN(C)c1ccc(C(C2C(=O)CC(c3ccccc3)CC2=O)C2C(=O)CC(c3ccccc3)CC2=O)cc1. The lowest BCUT2D eigenvalue weighted by Crippen LogP contribution is -2.45. The number of nitrogens with zero attached hydrogens (tertiary/aromatic N) is 1. The van der Waals surface area contributed by atoms with E-state index in [4.69, 9.17) is 0 Å². The molecule has 0 heterocycles. The lowest BCUT2D eigenvalue weighted by atomic mass is 9.62. The molecule has 38 heavy (non-hydrogen) atoms. The van der Waals surface area contributed by atoms with Crippen LogP contribution in [0, 0.1) is 11.8 Å². The van der Waals surface area contributed by atoms with Crippen LogP contribution in [0.3, 0.4) is 0 Å². The first-order valence-corrected chi connectivity index (χ1v) is 13.3. The molecule has 0 amide bonds. The van der Waals surface area contributed by atoms with Crippen LogP contribution in [-0.2, 0) is 19.2 Å². The third-order valence-corrected chi connectivity index (χ3v) is 8.23. The Morgan fingerprint density at radius 1 is 0.553 bits per heavy atom. The van der Waals surface area contributed by atoms with Gasteiger partial charge in [0.15, 0.2) is 0 Å². The molecule has 5 heteroatoms. The summed E-state index contributed by atoms with van der Waals surface area (Å²) < 4.78 is 0. The molecule has 0 aromatic heterocycles. The first kappa shape index (κ1) is 25.8. The van der Waals surface area contributed by atoms with E-state index in [0.717, 1.165) is 16.8 Å². The third kappa shape index (κ3) is 5.10. The summed E-state index contributed by atoms with van der Waals surface area (Å²) in [7, 11) is 3.87. The lowest BCUT2D eigenvalue weighted by molar-refractivity contribution is -0.142. The van der Waals surface area contributed by atoms with Gasteiger partial charge in [-0.3, -0.25) is 19.2 Å². The highest BCUT2D eigenvalue weighted by Crippen LogP contribution is 2.45. The maximum absolute atomic E-state index is 13.7. The van der Waals surface area contributed by atoms with Gasteiger partial charge < -0.3 is 4.90 Å². The molecule has 0 atom stereocenters. The number of carbonyl (C=O) groups excluding carboxylic acids is 4. The van der Waals surface area contributed by atoms with Gasteiger partial charge >= 0.3 is 0 Å². The van der Waals surface area contributed by atoms with Crippen molar-refractivity contribution in [2.75, 3.05) is 19.0 Å². The highest BCUT2D eigenvalue weighted by Gasteiger charge is 2.50. The maximum atomic E-state index is 13.7. The zero-order valence-electron chi connectivity index (χ0n) is 21.9. The van der Waals surface area contributed by atoms with E-state index in [1.165, 1.54) is 0 Å². The van der Waals surface area contributed by atoms with Crippen LogP contribution in [0.4, 0.5) is 5.69 Å². The normalized spacial score (nSPS) is 24.8. The molecule has 194 valence electrons. The summed E-state index contributed by atoms with van der Waals surface area (Å²) in [4.78, 5) is 56.6. The molecule has 0 bridgehead atoms. The maximum Gasteiger partial charge on any atom is 0.144 e. The Morgan fingerprint density at radius 2 is 0.921 bits per heavy atom. The van der Waals surface area contributed by atoms with Crippen molar-refractivity contribution in [2.24, 2.45) is 11.8 Å². The average molecular weight is 508 g/mol. The van der Waals surface area contributed by atoms with E-state index in [0.29, 0.717) is 5.56 Å². The van der Waals surface area contributed by atoms with Gasteiger partial charge in [0.1, 0.15) is 23.1 Å². The summed E-state index contributed by atoms with van der Waals surface area (Å²) in [5.74, 6) is -3.83. The molecule has 0 N–H and O–H groups in total. The average Bonchev–Trinajstić information content (AvgIpc) is 2.92. The Balaban J connectivity index is 1.49. The Bertz CT molecular complexity index is 1210. The van der Waals surface area contributed by atoms with Crippen molar-refractivity contribution in [3.63, 3.8) is 0 Å². The summed E-state index contributed by atoms with van der Waals surface area (Å²) in [6.45, 7) is 0. The molecule has 2 aliphatic carbocycles. The van der Waals surface area contributed by atoms with Gasteiger partial charge in [0.05, 0.1) is 11.8 Å². The highest BCUT2D eigenvalue weighted by molar-refractivity contribution is 6.11. The van der Waals surface area contributed by atoms with Gasteiger partial charge in [-0.15, -0.1) is 0 Å². The van der Waals surface area contributed by atoms with Crippen molar-refractivity contribution in [3.8, 4) is 0 Å². The second kappa shape index (κ2) is 10.9. The number of ketones is 4. The van der Waals surface area contributed by atoms with E-state index in [-0.39, 0.29) is 60.7 Å². The summed E-state index contributed by atoms with van der Waals surface area (Å²) >= 11 is 0. The Kier molecular flexibility index (Phi) is 7.37. The standard InChI is InChI=1S/C33H33NO4/c1-34(2)26-15-13-23(14-16-26)31(32-27(35)17-24(18-28(32)36)21-9-5-3-6-10-21)33-29(37)19-25(20-30(33)38)22-11-7-4-8-12-22/h3-16,24-25,31-33H,17-20H2,1-2H3. The molecule has 2 fully saturated rings. The van der Waals surface area contributed by atoms with E-state index in [1.54, 1.807) is 0 Å². The van der Waals surface area contributed by atoms with Crippen LogP contribution in [0.5, 0.6) is 0 Å². The molecule has 0 saturated heterocycles. The minimum absolute atomic E-state index is 0.176. The predicted octanol–water partition coefficient (Wildman–Crippen LogP) is 5.50. The molecule has 0 radical (unpaired) electrons. The number of hydrogen-bond donors (Lipinski definition) is 0. The smallest absolute Gasteiger partial charge is 0.144 e. The largest absolute Gasteiger partial charge is 0.378 e. The fourth-order valence-corrected chi connectivity index (χ4v) is 6.28. The molecular weight excluding hydrogens is 474 g/mol. The van der Waals surface area contributed by atoms with Gasteiger partial charge in [-0.05, 0) is 40.7 Å². The van der Waals surface area contributed by atoms with E-state index >= 15 is 0 Å². The van der Waals surface area contributed by atoms with Crippen molar-refractivity contribution in [1.82, 2.24) is 0 Å². The van der Waals surface area contributed by atoms with Gasteiger partial charge in [0, 0.05) is 51.4 Å². The molecule has 0 spiro atoms. The molecule has 0 aliphatic heterocycles. The third-order valence-electron chi connectivity index (χ3n) is 8.23. The Labute approximate surface area is 223 Å². The number of hydrogen-bond acceptors (Lipinski definition) is 5. The molecule has 5 rings (SSSR count). The molecule has 2 saturated carbocycles. The van der Waals surface area contributed by atoms with Crippen molar-refractivity contribution < 1.29 is 19.2 Å². The van der Waals surface area contributed by atoms with E-state index in [2.05, 4.69) is 0 Å². The lowest BCUT2D eigenvalue weighted by Gasteiger charge is -2.38. The van der Waals surface area contributed by atoms with Crippen LogP contribution in [0.2, 0.25) is 0 Å². The van der Waals surface area contributed by atoms with Crippen molar-refractivity contribution in [2.45, 2.75) is 43.4 Å². The van der Waals surface area contributed by atoms with Crippen molar-refractivity contribution in [1.29, 1.82) is 0 Å². The minimum atomic E-state index is -0.994. The van der Waals surface area contributed by atoms with E-state index < -0.39 is 17.8 Å².